The second-order valence-corrected chi connectivity index (χ2v) is 7.24. The molecular formula is C19H22F2N4O2. The number of rotatable bonds is 4. The minimum atomic E-state index is -1.03. The lowest BCUT2D eigenvalue weighted by Gasteiger charge is -2.34. The standard InChI is InChI=1S/C19H22F2N4O2/c1-11(2)6-18(26)14-8-22-25-9-12(3)24(10-17(14)25)19(27)23-13-4-5-15(20)16(21)7-13/h4-5,7-8,11-12H,6,9-10H2,1-3H3,(H,23,27)/t12-/m1/s1. The van der Waals surface area contributed by atoms with E-state index in [1.807, 2.05) is 20.8 Å². The highest BCUT2D eigenvalue weighted by molar-refractivity contribution is 5.97. The number of halogens is 2. The summed E-state index contributed by atoms with van der Waals surface area (Å²) in [7, 11) is 0. The van der Waals surface area contributed by atoms with Crippen molar-refractivity contribution < 1.29 is 18.4 Å². The summed E-state index contributed by atoms with van der Waals surface area (Å²) in [4.78, 5) is 26.7. The summed E-state index contributed by atoms with van der Waals surface area (Å²) in [6.45, 7) is 6.48. The second kappa shape index (κ2) is 7.46. The average molecular weight is 376 g/mol. The van der Waals surface area contributed by atoms with Gasteiger partial charge in [-0.25, -0.2) is 13.6 Å². The third-order valence-corrected chi connectivity index (χ3v) is 4.56. The Hall–Kier alpha value is -2.77. The Morgan fingerprint density at radius 1 is 1.30 bits per heavy atom. The van der Waals surface area contributed by atoms with Crippen LogP contribution in [-0.4, -0.2) is 32.5 Å². The molecule has 0 bridgehead atoms. The van der Waals surface area contributed by atoms with Gasteiger partial charge in [-0.1, -0.05) is 13.8 Å². The fraction of sp³-hybridized carbons (Fsp3) is 0.421. The molecule has 8 heteroatoms. The number of fused-ring (bicyclic) bond motifs is 1. The van der Waals surface area contributed by atoms with Crippen molar-refractivity contribution >= 4 is 17.5 Å². The van der Waals surface area contributed by atoms with Crippen molar-refractivity contribution in [2.45, 2.75) is 46.3 Å². The first kappa shape index (κ1) is 19.0. The van der Waals surface area contributed by atoms with Gasteiger partial charge in [-0.2, -0.15) is 5.10 Å². The number of hydrogen-bond donors (Lipinski definition) is 1. The van der Waals surface area contributed by atoms with Gasteiger partial charge < -0.3 is 10.2 Å². The van der Waals surface area contributed by atoms with Gasteiger partial charge in [-0.3, -0.25) is 9.48 Å². The van der Waals surface area contributed by atoms with Crippen LogP contribution in [0.1, 0.15) is 43.2 Å². The SMILES string of the molecule is CC(C)CC(=O)c1cnn2c1CN(C(=O)Nc1ccc(F)c(F)c1)[C@H](C)C2. The number of Topliss-reactive ketones (excluding diaryl/α,β-unsaturated/α-hetero) is 1. The molecule has 1 aromatic heterocycles. The number of aromatic nitrogens is 2. The summed E-state index contributed by atoms with van der Waals surface area (Å²) in [6, 6.07) is 2.58. The molecule has 0 spiro atoms. The molecule has 2 aromatic rings. The predicted octanol–water partition coefficient (Wildman–Crippen LogP) is 3.83. The highest BCUT2D eigenvalue weighted by atomic mass is 19.2. The van der Waals surface area contributed by atoms with Crippen LogP contribution < -0.4 is 5.32 Å². The van der Waals surface area contributed by atoms with E-state index in [0.717, 1.165) is 12.1 Å². The van der Waals surface area contributed by atoms with Crippen molar-refractivity contribution in [1.29, 1.82) is 0 Å². The Labute approximate surface area is 156 Å². The molecule has 6 nitrogen and oxygen atoms in total. The zero-order valence-corrected chi connectivity index (χ0v) is 15.5. The van der Waals surface area contributed by atoms with E-state index in [1.165, 1.54) is 6.07 Å². The summed E-state index contributed by atoms with van der Waals surface area (Å²) >= 11 is 0. The van der Waals surface area contributed by atoms with Crippen LogP contribution in [0.5, 0.6) is 0 Å². The zero-order valence-electron chi connectivity index (χ0n) is 15.5. The van der Waals surface area contributed by atoms with E-state index in [9.17, 15) is 18.4 Å². The predicted molar refractivity (Wildman–Crippen MR) is 96.4 cm³/mol. The van der Waals surface area contributed by atoms with Crippen LogP contribution in [0.2, 0.25) is 0 Å². The van der Waals surface area contributed by atoms with Gasteiger partial charge in [-0.15, -0.1) is 0 Å². The Bertz CT molecular complexity index is 879. The normalized spacial score (nSPS) is 16.4. The van der Waals surface area contributed by atoms with Crippen LogP contribution in [0.25, 0.3) is 0 Å². The van der Waals surface area contributed by atoms with Gasteiger partial charge in [0.15, 0.2) is 17.4 Å². The lowest BCUT2D eigenvalue weighted by Crippen LogP contribution is -2.47. The molecular weight excluding hydrogens is 354 g/mol. The third kappa shape index (κ3) is 3.99. The maximum atomic E-state index is 13.4. The van der Waals surface area contributed by atoms with Gasteiger partial charge in [0.05, 0.1) is 36.6 Å². The number of hydrogen-bond acceptors (Lipinski definition) is 3. The fourth-order valence-electron chi connectivity index (χ4n) is 3.16. The summed E-state index contributed by atoms with van der Waals surface area (Å²) in [6.07, 6.45) is 1.97. The molecule has 0 aliphatic carbocycles. The van der Waals surface area contributed by atoms with Crippen molar-refractivity contribution in [3.63, 3.8) is 0 Å². The molecule has 1 atom stereocenters. The van der Waals surface area contributed by atoms with Crippen molar-refractivity contribution in [3.8, 4) is 0 Å². The lowest BCUT2D eigenvalue weighted by atomic mass is 10.0. The van der Waals surface area contributed by atoms with Crippen molar-refractivity contribution in [2.24, 2.45) is 5.92 Å². The topological polar surface area (TPSA) is 67.2 Å². The van der Waals surface area contributed by atoms with E-state index in [0.29, 0.717) is 24.2 Å². The van der Waals surface area contributed by atoms with E-state index >= 15 is 0 Å². The number of urea groups is 1. The second-order valence-electron chi connectivity index (χ2n) is 7.24. The molecule has 0 saturated carbocycles. The van der Waals surface area contributed by atoms with Gasteiger partial charge in [0.2, 0.25) is 0 Å². The first-order chi connectivity index (χ1) is 12.8. The van der Waals surface area contributed by atoms with Crippen LogP contribution in [0, 0.1) is 17.6 Å². The summed E-state index contributed by atoms with van der Waals surface area (Å²) in [5, 5.41) is 6.86. The Morgan fingerprint density at radius 2 is 2.04 bits per heavy atom. The Morgan fingerprint density at radius 3 is 2.70 bits per heavy atom. The van der Waals surface area contributed by atoms with E-state index in [2.05, 4.69) is 10.4 Å². The molecule has 144 valence electrons. The highest BCUT2D eigenvalue weighted by Gasteiger charge is 2.31. The molecule has 1 aromatic carbocycles. The Balaban J connectivity index is 1.78. The number of carbonyl (C=O) groups is 2. The molecule has 0 fully saturated rings. The molecule has 0 saturated heterocycles. The summed E-state index contributed by atoms with van der Waals surface area (Å²) in [5.41, 5.74) is 1.39. The van der Waals surface area contributed by atoms with Crippen molar-refractivity contribution in [3.05, 3.63) is 47.3 Å². The summed E-state index contributed by atoms with van der Waals surface area (Å²) in [5.74, 6) is -1.78. The monoisotopic (exact) mass is 376 g/mol. The van der Waals surface area contributed by atoms with Gasteiger partial charge in [0.1, 0.15) is 0 Å². The molecule has 1 N–H and O–H groups in total. The first-order valence-corrected chi connectivity index (χ1v) is 8.86. The van der Waals surface area contributed by atoms with E-state index < -0.39 is 17.7 Å². The van der Waals surface area contributed by atoms with Crippen LogP contribution >= 0.6 is 0 Å². The minimum absolute atomic E-state index is 0.00164. The van der Waals surface area contributed by atoms with Gasteiger partial charge in [0.25, 0.3) is 0 Å². The molecule has 0 radical (unpaired) electrons. The van der Waals surface area contributed by atoms with Gasteiger partial charge in [0, 0.05) is 18.2 Å². The number of nitrogens with one attached hydrogen (secondary N) is 1. The maximum absolute atomic E-state index is 13.4. The van der Waals surface area contributed by atoms with E-state index in [-0.39, 0.29) is 30.0 Å². The Kier molecular flexibility index (Phi) is 5.25. The van der Waals surface area contributed by atoms with Crippen LogP contribution in [0.3, 0.4) is 0 Å². The molecule has 1 aliphatic rings. The van der Waals surface area contributed by atoms with Gasteiger partial charge >= 0.3 is 6.03 Å². The van der Waals surface area contributed by atoms with E-state index in [4.69, 9.17) is 0 Å². The number of ketones is 1. The highest BCUT2D eigenvalue weighted by Crippen LogP contribution is 2.24. The largest absolute Gasteiger partial charge is 0.322 e. The third-order valence-electron chi connectivity index (χ3n) is 4.56. The zero-order chi connectivity index (χ0) is 19.7. The quantitative estimate of drug-likeness (QED) is 0.825. The minimum Gasteiger partial charge on any atom is -0.314 e. The molecule has 27 heavy (non-hydrogen) atoms. The fourth-order valence-corrected chi connectivity index (χ4v) is 3.16. The number of nitrogens with zero attached hydrogens (tertiary/aromatic N) is 3. The van der Waals surface area contributed by atoms with Crippen molar-refractivity contribution in [1.82, 2.24) is 14.7 Å². The smallest absolute Gasteiger partial charge is 0.314 e. The number of amides is 2. The number of benzene rings is 1. The van der Waals surface area contributed by atoms with Crippen LogP contribution in [0.15, 0.2) is 24.4 Å². The van der Waals surface area contributed by atoms with Crippen molar-refractivity contribution in [2.75, 3.05) is 5.32 Å². The van der Waals surface area contributed by atoms with Crippen LogP contribution in [0.4, 0.5) is 19.3 Å². The van der Waals surface area contributed by atoms with E-state index in [1.54, 1.807) is 15.8 Å². The molecule has 2 heterocycles. The van der Waals surface area contributed by atoms with Gasteiger partial charge in [-0.05, 0) is 25.0 Å². The first-order valence-electron chi connectivity index (χ1n) is 8.86. The van der Waals surface area contributed by atoms with Crippen LogP contribution in [-0.2, 0) is 13.1 Å². The maximum Gasteiger partial charge on any atom is 0.322 e. The lowest BCUT2D eigenvalue weighted by molar-refractivity contribution is 0.0962. The molecule has 1 aliphatic heterocycles. The number of carbonyl (C=O) groups excluding carboxylic acids is 2. The molecule has 0 unspecified atom stereocenters. The average Bonchev–Trinajstić information content (AvgIpc) is 2.99. The molecule has 2 amide bonds. The number of anilines is 1. The molecule has 3 rings (SSSR count). The summed E-state index contributed by atoms with van der Waals surface area (Å²) < 4.78 is 28.2.